The normalized spacial score (nSPS) is 26.5. The number of hydrogen-bond donors (Lipinski definition) is 0. The van der Waals surface area contributed by atoms with Gasteiger partial charge >= 0.3 is 12.3 Å². The van der Waals surface area contributed by atoms with E-state index in [4.69, 9.17) is 9.47 Å². The molecule has 0 N–H and O–H groups in total. The molecule has 3 heterocycles. The molecule has 2 atom stereocenters. The van der Waals surface area contributed by atoms with Crippen LogP contribution in [0.25, 0.3) is 0 Å². The molecular weight excluding hydrogens is 324 g/mol. The Morgan fingerprint density at radius 3 is 1.46 bits per heavy atom. The summed E-state index contributed by atoms with van der Waals surface area (Å²) in [6.07, 6.45) is -2.42. The van der Waals surface area contributed by atoms with Crippen LogP contribution in [0.5, 0.6) is 0 Å². The van der Waals surface area contributed by atoms with Gasteiger partial charge in [0.2, 0.25) is 11.8 Å². The highest BCUT2D eigenvalue weighted by Crippen LogP contribution is 2.15. The van der Waals surface area contributed by atoms with Crippen molar-refractivity contribution >= 4 is 24.1 Å². The number of ether oxygens (including phenoxy) is 4. The Morgan fingerprint density at radius 2 is 1.17 bits per heavy atom. The van der Waals surface area contributed by atoms with Crippen LogP contribution in [0.4, 0.5) is 9.59 Å². The van der Waals surface area contributed by atoms with Gasteiger partial charge in [-0.2, -0.15) is 0 Å². The molecule has 10 nitrogen and oxygen atoms in total. The number of rotatable bonds is 4. The molecule has 3 fully saturated rings. The molecule has 0 spiro atoms. The fourth-order valence-electron chi connectivity index (χ4n) is 2.78. The molecule has 0 saturated carbocycles. The predicted octanol–water partition coefficient (Wildman–Crippen LogP) is -0.492. The smallest absolute Gasteiger partial charge is 0.430 e. The summed E-state index contributed by atoms with van der Waals surface area (Å²) < 4.78 is 19.0. The Balaban J connectivity index is 1.40. The van der Waals surface area contributed by atoms with Gasteiger partial charge in [-0.05, 0) is 0 Å². The first-order chi connectivity index (χ1) is 11.5. The first kappa shape index (κ1) is 16.3. The lowest BCUT2D eigenvalue weighted by Crippen LogP contribution is -2.51. The van der Waals surface area contributed by atoms with Gasteiger partial charge in [0.05, 0.1) is 12.8 Å². The van der Waals surface area contributed by atoms with Gasteiger partial charge in [-0.3, -0.25) is 9.59 Å². The van der Waals surface area contributed by atoms with Crippen LogP contribution in [-0.4, -0.2) is 85.5 Å². The molecule has 0 aromatic rings. The number of piperazine rings is 1. The minimum Gasteiger partial charge on any atom is -0.430 e. The second-order valence-electron chi connectivity index (χ2n) is 5.77. The molecule has 3 aliphatic heterocycles. The van der Waals surface area contributed by atoms with Crippen LogP contribution in [0, 0.1) is 0 Å². The first-order valence-electron chi connectivity index (χ1n) is 7.73. The van der Waals surface area contributed by atoms with E-state index in [1.807, 2.05) is 0 Å². The summed E-state index contributed by atoms with van der Waals surface area (Å²) in [5.74, 6) is -0.271. The van der Waals surface area contributed by atoms with E-state index in [2.05, 4.69) is 9.47 Å². The fraction of sp³-hybridized carbons (Fsp3) is 0.714. The van der Waals surface area contributed by atoms with E-state index in [0.29, 0.717) is 26.2 Å². The molecule has 0 aromatic heterocycles. The summed E-state index contributed by atoms with van der Waals surface area (Å²) in [5, 5.41) is 0. The first-order valence-corrected chi connectivity index (χ1v) is 7.73. The third-order valence-corrected chi connectivity index (χ3v) is 4.09. The van der Waals surface area contributed by atoms with E-state index in [1.54, 1.807) is 9.80 Å². The van der Waals surface area contributed by atoms with Crippen molar-refractivity contribution in [3.8, 4) is 0 Å². The quantitative estimate of drug-likeness (QED) is 0.629. The van der Waals surface area contributed by atoms with Gasteiger partial charge in [0.1, 0.15) is 25.4 Å². The lowest BCUT2D eigenvalue weighted by atomic mass is 10.2. The zero-order valence-electron chi connectivity index (χ0n) is 13.0. The number of carbonyl (C=O) groups excluding carboxylic acids is 4. The van der Waals surface area contributed by atoms with Gasteiger partial charge in [-0.25, -0.2) is 9.59 Å². The molecular formula is C14H18N2O8. The Morgan fingerprint density at radius 1 is 0.792 bits per heavy atom. The Kier molecular flexibility index (Phi) is 4.72. The minimum atomic E-state index is -0.750. The zero-order valence-corrected chi connectivity index (χ0v) is 13.0. The van der Waals surface area contributed by atoms with Gasteiger partial charge in [0, 0.05) is 26.2 Å². The van der Waals surface area contributed by atoms with Crippen molar-refractivity contribution < 1.29 is 38.1 Å². The van der Waals surface area contributed by atoms with Gasteiger partial charge < -0.3 is 28.7 Å². The van der Waals surface area contributed by atoms with Gasteiger partial charge in [-0.1, -0.05) is 0 Å². The Bertz CT molecular complexity index is 495. The molecule has 10 heteroatoms. The van der Waals surface area contributed by atoms with Crippen molar-refractivity contribution in [3.63, 3.8) is 0 Å². The van der Waals surface area contributed by atoms with Gasteiger partial charge in [0.15, 0.2) is 0 Å². The Labute approximate surface area is 137 Å². The molecule has 3 saturated heterocycles. The van der Waals surface area contributed by atoms with Crippen molar-refractivity contribution in [2.24, 2.45) is 0 Å². The van der Waals surface area contributed by atoms with Crippen LogP contribution in [0.3, 0.4) is 0 Å². The van der Waals surface area contributed by atoms with Crippen molar-refractivity contribution in [3.05, 3.63) is 0 Å². The summed E-state index contributed by atoms with van der Waals surface area (Å²) in [5.41, 5.74) is 0. The molecule has 3 rings (SSSR count). The third-order valence-electron chi connectivity index (χ3n) is 4.09. The maximum atomic E-state index is 12.2. The average Bonchev–Trinajstić information content (AvgIpc) is 3.15. The molecule has 132 valence electrons. The summed E-state index contributed by atoms with van der Waals surface area (Å²) in [6, 6.07) is 0. The van der Waals surface area contributed by atoms with Crippen LogP contribution in [0.2, 0.25) is 0 Å². The SMILES string of the molecule is O=C1OCC(CC(=O)N2CCN(C(=O)CC3COC(=O)O3)CC2)O1. The summed E-state index contributed by atoms with van der Waals surface area (Å²) in [4.78, 5) is 49.3. The lowest BCUT2D eigenvalue weighted by Gasteiger charge is -2.35. The van der Waals surface area contributed by atoms with Crippen molar-refractivity contribution in [2.45, 2.75) is 25.0 Å². The van der Waals surface area contributed by atoms with Crippen molar-refractivity contribution in [2.75, 3.05) is 39.4 Å². The molecule has 0 aromatic carbocycles. The topological polar surface area (TPSA) is 112 Å². The van der Waals surface area contributed by atoms with Gasteiger partial charge in [0.25, 0.3) is 0 Å². The van der Waals surface area contributed by atoms with Crippen molar-refractivity contribution in [1.82, 2.24) is 9.80 Å². The van der Waals surface area contributed by atoms with E-state index < -0.39 is 24.5 Å². The highest BCUT2D eigenvalue weighted by Gasteiger charge is 2.33. The van der Waals surface area contributed by atoms with Crippen LogP contribution in [0.1, 0.15) is 12.8 Å². The Hall–Kier alpha value is -2.52. The van der Waals surface area contributed by atoms with Crippen LogP contribution >= 0.6 is 0 Å². The summed E-state index contributed by atoms with van der Waals surface area (Å²) in [7, 11) is 0. The standard InChI is InChI=1S/C14H18N2O8/c17-11(5-9-7-21-13(19)23-9)15-1-2-16(4-3-15)12(18)6-10-8-22-14(20)24-10/h9-10H,1-8H2. The van der Waals surface area contributed by atoms with Crippen molar-refractivity contribution in [1.29, 1.82) is 0 Å². The van der Waals surface area contributed by atoms with E-state index in [9.17, 15) is 19.2 Å². The summed E-state index contributed by atoms with van der Waals surface area (Å²) in [6.45, 7) is 1.82. The van der Waals surface area contributed by atoms with E-state index in [-0.39, 0.29) is 37.9 Å². The lowest BCUT2D eigenvalue weighted by molar-refractivity contribution is -0.141. The molecule has 24 heavy (non-hydrogen) atoms. The van der Waals surface area contributed by atoms with Crippen LogP contribution < -0.4 is 0 Å². The fourth-order valence-corrected chi connectivity index (χ4v) is 2.78. The second-order valence-corrected chi connectivity index (χ2v) is 5.77. The van der Waals surface area contributed by atoms with Crippen LogP contribution in [0.15, 0.2) is 0 Å². The number of amides is 2. The number of carbonyl (C=O) groups is 4. The predicted molar refractivity (Wildman–Crippen MR) is 74.8 cm³/mol. The van der Waals surface area contributed by atoms with E-state index >= 15 is 0 Å². The monoisotopic (exact) mass is 342 g/mol. The number of cyclic esters (lactones) is 4. The van der Waals surface area contributed by atoms with E-state index in [0.717, 1.165) is 0 Å². The molecule has 3 aliphatic rings. The second kappa shape index (κ2) is 6.93. The maximum absolute atomic E-state index is 12.2. The highest BCUT2D eigenvalue weighted by atomic mass is 16.8. The molecule has 2 amide bonds. The zero-order chi connectivity index (χ0) is 17.1. The minimum absolute atomic E-state index is 0.0784. The average molecular weight is 342 g/mol. The highest BCUT2D eigenvalue weighted by molar-refractivity contribution is 5.79. The number of hydrogen-bond acceptors (Lipinski definition) is 8. The number of nitrogens with zero attached hydrogens (tertiary/aromatic N) is 2. The van der Waals surface area contributed by atoms with Gasteiger partial charge in [-0.15, -0.1) is 0 Å². The molecule has 0 bridgehead atoms. The van der Waals surface area contributed by atoms with E-state index in [1.165, 1.54) is 0 Å². The maximum Gasteiger partial charge on any atom is 0.508 e. The van der Waals surface area contributed by atoms with Crippen LogP contribution in [-0.2, 0) is 28.5 Å². The third kappa shape index (κ3) is 3.87. The molecule has 0 aliphatic carbocycles. The molecule has 0 radical (unpaired) electrons. The summed E-state index contributed by atoms with van der Waals surface area (Å²) >= 11 is 0. The largest absolute Gasteiger partial charge is 0.508 e. The molecule has 2 unspecified atom stereocenters.